The van der Waals surface area contributed by atoms with Crippen LogP contribution in [0.3, 0.4) is 0 Å². The van der Waals surface area contributed by atoms with Gasteiger partial charge in [0.25, 0.3) is 0 Å². The van der Waals surface area contributed by atoms with Crippen molar-refractivity contribution in [2.45, 2.75) is 0 Å². The van der Waals surface area contributed by atoms with E-state index in [-0.39, 0.29) is 0 Å². The summed E-state index contributed by atoms with van der Waals surface area (Å²) in [5, 5.41) is 0.836. The van der Waals surface area contributed by atoms with Gasteiger partial charge in [0.15, 0.2) is 0 Å². The molecule has 0 aliphatic heterocycles. The van der Waals surface area contributed by atoms with Gasteiger partial charge in [-0.05, 0) is 17.2 Å². The fourth-order valence-corrected chi connectivity index (χ4v) is 1.37. The Morgan fingerprint density at radius 2 is 2.10 bits per heavy atom. The van der Waals surface area contributed by atoms with Crippen LogP contribution in [0.2, 0.25) is 5.02 Å². The first-order valence-electron chi connectivity index (χ1n) is 3.18. The number of halogens is 1. The van der Waals surface area contributed by atoms with Crippen LogP contribution in [0.1, 0.15) is 11.1 Å². The van der Waals surface area contributed by atoms with Crippen molar-refractivity contribution >= 4 is 17.7 Å². The summed E-state index contributed by atoms with van der Waals surface area (Å²) in [5.74, 6) is 0. The molecule has 0 N–H and O–H groups in total. The molecule has 0 saturated heterocycles. The molecule has 49 valence electrons. The van der Waals surface area contributed by atoms with Crippen molar-refractivity contribution in [1.82, 2.24) is 0 Å². The monoisotopic (exact) mass is 149 g/mol. The van der Waals surface area contributed by atoms with E-state index in [1.807, 2.05) is 24.6 Å². The third-order valence-electron chi connectivity index (χ3n) is 1.63. The predicted octanol–water partition coefficient (Wildman–Crippen LogP) is 2.92. The summed E-state index contributed by atoms with van der Waals surface area (Å²) in [7, 11) is 0. The number of hydrogen-bond acceptors (Lipinski definition) is 0. The summed E-state index contributed by atoms with van der Waals surface area (Å²) in [6.07, 6.45) is 6.09. The fourth-order valence-electron chi connectivity index (χ4n) is 1.12. The molecule has 2 rings (SSSR count). The van der Waals surface area contributed by atoms with Crippen LogP contribution in [-0.4, -0.2) is 0 Å². The van der Waals surface area contributed by atoms with E-state index in [2.05, 4.69) is 12.1 Å². The predicted molar refractivity (Wildman–Crippen MR) is 43.9 cm³/mol. The molecule has 1 aromatic carbocycles. The summed E-state index contributed by atoms with van der Waals surface area (Å²) < 4.78 is 0. The lowest BCUT2D eigenvalue weighted by molar-refractivity contribution is 1.54. The molecule has 0 nitrogen and oxygen atoms in total. The first-order chi connectivity index (χ1) is 4.88. The molecule has 1 aromatic rings. The highest BCUT2D eigenvalue weighted by molar-refractivity contribution is 6.31. The molecule has 0 heterocycles. The first-order valence-corrected chi connectivity index (χ1v) is 3.55. The smallest absolute Gasteiger partial charge is 0.0450 e. The normalized spacial score (nSPS) is 13.7. The van der Waals surface area contributed by atoms with E-state index in [0.29, 0.717) is 0 Å². The van der Waals surface area contributed by atoms with Crippen LogP contribution in [0.15, 0.2) is 24.3 Å². The molecule has 1 radical (unpaired) electrons. The molecule has 0 saturated carbocycles. The molecular weight excluding hydrogens is 144 g/mol. The third kappa shape index (κ3) is 0.764. The zero-order chi connectivity index (χ0) is 6.97. The molecule has 1 heteroatoms. The fraction of sp³-hybridized carbons (Fsp3) is 0. The molecule has 0 spiro atoms. The summed E-state index contributed by atoms with van der Waals surface area (Å²) in [6.45, 7) is 0. The second-order valence-electron chi connectivity index (χ2n) is 2.27. The molecule has 0 aromatic heterocycles. The highest BCUT2D eigenvalue weighted by atomic mass is 35.5. The van der Waals surface area contributed by atoms with Crippen molar-refractivity contribution in [3.63, 3.8) is 0 Å². The SMILES string of the molecule is Clc1cccc2c1[CH]C=C2. The van der Waals surface area contributed by atoms with Crippen LogP contribution < -0.4 is 0 Å². The average Bonchev–Trinajstić information content (AvgIpc) is 2.36. The van der Waals surface area contributed by atoms with Gasteiger partial charge in [0, 0.05) is 11.4 Å². The van der Waals surface area contributed by atoms with Gasteiger partial charge >= 0.3 is 0 Å². The number of rotatable bonds is 0. The Balaban J connectivity index is 2.66. The summed E-state index contributed by atoms with van der Waals surface area (Å²) in [4.78, 5) is 0. The van der Waals surface area contributed by atoms with E-state index in [9.17, 15) is 0 Å². The minimum atomic E-state index is 0.836. The van der Waals surface area contributed by atoms with E-state index in [0.717, 1.165) is 10.6 Å². The quantitative estimate of drug-likeness (QED) is 0.532. The molecule has 1 aliphatic carbocycles. The van der Waals surface area contributed by atoms with Crippen molar-refractivity contribution in [2.24, 2.45) is 0 Å². The van der Waals surface area contributed by atoms with Crippen LogP contribution in [0.25, 0.3) is 6.08 Å². The maximum Gasteiger partial charge on any atom is 0.0450 e. The largest absolute Gasteiger partial charge is 0.0840 e. The maximum atomic E-state index is 5.90. The first kappa shape index (κ1) is 5.99. The van der Waals surface area contributed by atoms with Gasteiger partial charge in [-0.15, -0.1) is 0 Å². The Labute approximate surface area is 65.1 Å². The van der Waals surface area contributed by atoms with Crippen molar-refractivity contribution in [1.29, 1.82) is 0 Å². The molecule has 0 bridgehead atoms. The number of allylic oxidation sites excluding steroid dienone is 1. The van der Waals surface area contributed by atoms with Crippen LogP contribution in [0.4, 0.5) is 0 Å². The van der Waals surface area contributed by atoms with Crippen LogP contribution in [0.5, 0.6) is 0 Å². The number of hydrogen-bond donors (Lipinski definition) is 0. The second-order valence-corrected chi connectivity index (χ2v) is 2.68. The van der Waals surface area contributed by atoms with Crippen LogP contribution >= 0.6 is 11.6 Å². The summed E-state index contributed by atoms with van der Waals surface area (Å²) >= 11 is 5.90. The van der Waals surface area contributed by atoms with Gasteiger partial charge in [-0.25, -0.2) is 0 Å². The minimum absolute atomic E-state index is 0.836. The number of fused-ring (bicyclic) bond motifs is 1. The van der Waals surface area contributed by atoms with Gasteiger partial charge < -0.3 is 0 Å². The van der Waals surface area contributed by atoms with Crippen molar-refractivity contribution in [3.8, 4) is 0 Å². The van der Waals surface area contributed by atoms with Gasteiger partial charge in [-0.1, -0.05) is 35.9 Å². The molecule has 0 amide bonds. The highest BCUT2D eigenvalue weighted by Gasteiger charge is 2.06. The number of benzene rings is 1. The van der Waals surface area contributed by atoms with E-state index < -0.39 is 0 Å². The van der Waals surface area contributed by atoms with E-state index in [1.165, 1.54) is 5.56 Å². The lowest BCUT2D eigenvalue weighted by atomic mass is 10.1. The van der Waals surface area contributed by atoms with Gasteiger partial charge in [0.1, 0.15) is 0 Å². The minimum Gasteiger partial charge on any atom is -0.0840 e. The third-order valence-corrected chi connectivity index (χ3v) is 1.95. The molecule has 10 heavy (non-hydrogen) atoms. The lowest BCUT2D eigenvalue weighted by Gasteiger charge is -1.98. The topological polar surface area (TPSA) is 0 Å². The van der Waals surface area contributed by atoms with Gasteiger partial charge in [0.2, 0.25) is 0 Å². The highest BCUT2D eigenvalue weighted by Crippen LogP contribution is 2.27. The maximum absolute atomic E-state index is 5.90. The van der Waals surface area contributed by atoms with Gasteiger partial charge in [-0.3, -0.25) is 0 Å². The van der Waals surface area contributed by atoms with Gasteiger partial charge in [-0.2, -0.15) is 0 Å². The molecule has 0 fully saturated rings. The second kappa shape index (κ2) is 2.14. The molecule has 1 aliphatic rings. The lowest BCUT2D eigenvalue weighted by Crippen LogP contribution is -1.79. The Kier molecular flexibility index (Phi) is 1.28. The van der Waals surface area contributed by atoms with Crippen molar-refractivity contribution in [3.05, 3.63) is 46.8 Å². The van der Waals surface area contributed by atoms with Crippen LogP contribution in [-0.2, 0) is 0 Å². The molecule has 0 unspecified atom stereocenters. The zero-order valence-corrected chi connectivity index (χ0v) is 6.10. The molecule has 0 atom stereocenters. The zero-order valence-electron chi connectivity index (χ0n) is 5.34. The Bertz CT molecular complexity index is 287. The van der Waals surface area contributed by atoms with E-state index in [4.69, 9.17) is 11.6 Å². The van der Waals surface area contributed by atoms with E-state index in [1.54, 1.807) is 0 Å². The van der Waals surface area contributed by atoms with E-state index >= 15 is 0 Å². The Morgan fingerprint density at radius 3 is 2.90 bits per heavy atom. The summed E-state index contributed by atoms with van der Waals surface area (Å²) in [6, 6.07) is 5.93. The Hall–Kier alpha value is -0.750. The van der Waals surface area contributed by atoms with Crippen LogP contribution in [0, 0.1) is 6.42 Å². The molecular formula is C9H6Cl. The van der Waals surface area contributed by atoms with Crippen molar-refractivity contribution < 1.29 is 0 Å². The Morgan fingerprint density at radius 1 is 1.20 bits per heavy atom. The van der Waals surface area contributed by atoms with Gasteiger partial charge in [0.05, 0.1) is 0 Å². The standard InChI is InChI=1S/C9H6Cl/c10-9-6-2-4-7-3-1-5-8(7)9/h1-6H. The average molecular weight is 150 g/mol. The van der Waals surface area contributed by atoms with Crippen molar-refractivity contribution in [2.75, 3.05) is 0 Å². The summed E-state index contributed by atoms with van der Waals surface area (Å²) in [5.41, 5.74) is 2.36.